The molecule has 21 heavy (non-hydrogen) atoms. The molecule has 2 amide bonds. The molecular formula is C12H20N4O3S2. The summed E-state index contributed by atoms with van der Waals surface area (Å²) in [5.41, 5.74) is -0.714. The highest BCUT2D eigenvalue weighted by molar-refractivity contribution is 7.91. The summed E-state index contributed by atoms with van der Waals surface area (Å²) in [7, 11) is -3.05. The van der Waals surface area contributed by atoms with Crippen LogP contribution in [-0.2, 0) is 16.3 Å². The van der Waals surface area contributed by atoms with E-state index in [2.05, 4.69) is 34.7 Å². The van der Waals surface area contributed by atoms with Gasteiger partial charge in [-0.25, -0.2) is 13.2 Å². The van der Waals surface area contributed by atoms with Gasteiger partial charge in [0.25, 0.3) is 0 Å². The number of hydrogen-bond acceptors (Lipinski definition) is 6. The number of aromatic nitrogens is 2. The zero-order chi connectivity index (χ0) is 15.7. The van der Waals surface area contributed by atoms with Crippen LogP contribution in [0.4, 0.5) is 9.93 Å². The zero-order valence-corrected chi connectivity index (χ0v) is 14.0. The van der Waals surface area contributed by atoms with Crippen molar-refractivity contribution in [3.8, 4) is 0 Å². The van der Waals surface area contributed by atoms with Crippen LogP contribution in [0.1, 0.15) is 32.2 Å². The molecule has 0 unspecified atom stereocenters. The molecule has 7 nitrogen and oxygen atoms in total. The number of carbonyl (C=O) groups is 1. The average Bonchev–Trinajstić information content (AvgIpc) is 2.82. The molecule has 0 aliphatic carbocycles. The molecule has 0 aromatic carbocycles. The summed E-state index contributed by atoms with van der Waals surface area (Å²) in [6, 6.07) is -0.443. The lowest BCUT2D eigenvalue weighted by atomic mass is 10.0. The highest BCUT2D eigenvalue weighted by Gasteiger charge is 2.39. The van der Waals surface area contributed by atoms with E-state index in [0.29, 0.717) is 17.5 Å². The lowest BCUT2D eigenvalue weighted by molar-refractivity contribution is 0.242. The van der Waals surface area contributed by atoms with Gasteiger partial charge in [0.15, 0.2) is 9.84 Å². The predicted molar refractivity (Wildman–Crippen MR) is 82.3 cm³/mol. The maximum Gasteiger partial charge on any atom is 0.321 e. The SMILES string of the molecule is CC(C)Cc1nnc(NC(=O)N[C@]2(C)CCS(=O)(=O)C2)s1. The summed E-state index contributed by atoms with van der Waals surface area (Å²) in [6.45, 7) is 5.91. The minimum Gasteiger partial charge on any atom is -0.332 e. The molecule has 1 atom stereocenters. The van der Waals surface area contributed by atoms with Crippen molar-refractivity contribution < 1.29 is 13.2 Å². The number of sulfone groups is 1. The number of nitrogens with one attached hydrogen (secondary N) is 2. The smallest absolute Gasteiger partial charge is 0.321 e. The van der Waals surface area contributed by atoms with Crippen molar-refractivity contribution in [1.29, 1.82) is 0 Å². The quantitative estimate of drug-likeness (QED) is 0.868. The Bertz CT molecular complexity index is 626. The van der Waals surface area contributed by atoms with E-state index in [4.69, 9.17) is 0 Å². The predicted octanol–water partition coefficient (Wildman–Crippen LogP) is 1.44. The molecule has 9 heteroatoms. The summed E-state index contributed by atoms with van der Waals surface area (Å²) in [5, 5.41) is 14.6. The molecule has 1 aromatic rings. The zero-order valence-electron chi connectivity index (χ0n) is 12.3. The second-order valence-electron chi connectivity index (χ2n) is 6.08. The van der Waals surface area contributed by atoms with Crippen molar-refractivity contribution in [3.05, 3.63) is 5.01 Å². The van der Waals surface area contributed by atoms with Crippen molar-refractivity contribution in [1.82, 2.24) is 15.5 Å². The van der Waals surface area contributed by atoms with Crippen LogP contribution >= 0.6 is 11.3 Å². The van der Waals surface area contributed by atoms with E-state index in [-0.39, 0.29) is 11.5 Å². The van der Waals surface area contributed by atoms with Gasteiger partial charge in [-0.1, -0.05) is 25.2 Å². The molecule has 1 aromatic heterocycles. The first-order valence-corrected chi connectivity index (χ1v) is 9.43. The van der Waals surface area contributed by atoms with Crippen LogP contribution in [0.15, 0.2) is 0 Å². The van der Waals surface area contributed by atoms with Gasteiger partial charge in [-0.05, 0) is 19.3 Å². The molecule has 118 valence electrons. The van der Waals surface area contributed by atoms with Gasteiger partial charge in [0, 0.05) is 6.42 Å². The van der Waals surface area contributed by atoms with Crippen LogP contribution in [0, 0.1) is 5.92 Å². The summed E-state index contributed by atoms with van der Waals surface area (Å²) < 4.78 is 23.0. The fraction of sp³-hybridized carbons (Fsp3) is 0.750. The van der Waals surface area contributed by atoms with E-state index < -0.39 is 21.4 Å². The molecule has 0 radical (unpaired) electrons. The Balaban J connectivity index is 1.92. The van der Waals surface area contributed by atoms with Crippen LogP contribution in [0.25, 0.3) is 0 Å². The van der Waals surface area contributed by atoms with E-state index in [1.165, 1.54) is 11.3 Å². The molecule has 0 saturated carbocycles. The molecule has 2 N–H and O–H groups in total. The fourth-order valence-corrected chi connectivity index (χ4v) is 5.29. The monoisotopic (exact) mass is 332 g/mol. The lowest BCUT2D eigenvalue weighted by Crippen LogP contribution is -2.48. The molecule has 0 spiro atoms. The number of nitrogens with zero attached hydrogens (tertiary/aromatic N) is 2. The van der Waals surface area contributed by atoms with Crippen molar-refractivity contribution >= 4 is 32.3 Å². The molecule has 1 fully saturated rings. The number of amides is 2. The Kier molecular flexibility index (Phi) is 4.52. The lowest BCUT2D eigenvalue weighted by Gasteiger charge is -2.23. The van der Waals surface area contributed by atoms with Crippen LogP contribution in [0.5, 0.6) is 0 Å². The molecule has 2 heterocycles. The third-order valence-corrected chi connectivity index (χ3v) is 5.95. The maximum atomic E-state index is 11.9. The van der Waals surface area contributed by atoms with Crippen molar-refractivity contribution in [2.75, 3.05) is 16.8 Å². The molecule has 1 aliphatic heterocycles. The topological polar surface area (TPSA) is 101 Å². The van der Waals surface area contributed by atoms with Crippen molar-refractivity contribution in [2.24, 2.45) is 5.92 Å². The van der Waals surface area contributed by atoms with Crippen LogP contribution in [0.2, 0.25) is 0 Å². The largest absolute Gasteiger partial charge is 0.332 e. The van der Waals surface area contributed by atoms with Gasteiger partial charge in [0.1, 0.15) is 5.01 Å². The number of carbonyl (C=O) groups excluding carboxylic acids is 1. The second-order valence-corrected chi connectivity index (χ2v) is 9.33. The Morgan fingerprint density at radius 3 is 2.71 bits per heavy atom. The molecular weight excluding hydrogens is 312 g/mol. The third-order valence-electron chi connectivity index (χ3n) is 3.19. The van der Waals surface area contributed by atoms with E-state index >= 15 is 0 Å². The highest BCUT2D eigenvalue weighted by atomic mass is 32.2. The molecule has 1 aliphatic rings. The van der Waals surface area contributed by atoms with Gasteiger partial charge < -0.3 is 5.32 Å². The van der Waals surface area contributed by atoms with Crippen LogP contribution in [-0.4, -0.2) is 41.7 Å². The van der Waals surface area contributed by atoms with Gasteiger partial charge in [-0.15, -0.1) is 10.2 Å². The number of hydrogen-bond donors (Lipinski definition) is 2. The Labute approximate surface area is 128 Å². The average molecular weight is 332 g/mol. The summed E-state index contributed by atoms with van der Waals surface area (Å²) in [5.74, 6) is 0.561. The van der Waals surface area contributed by atoms with Gasteiger partial charge >= 0.3 is 6.03 Å². The highest BCUT2D eigenvalue weighted by Crippen LogP contribution is 2.23. The molecule has 1 saturated heterocycles. The van der Waals surface area contributed by atoms with Gasteiger partial charge in [0.05, 0.1) is 17.0 Å². The Hall–Kier alpha value is -1.22. The van der Waals surface area contributed by atoms with Crippen LogP contribution in [0.3, 0.4) is 0 Å². The standard InChI is InChI=1S/C12H20N4O3S2/c1-8(2)6-9-15-16-11(20-9)13-10(17)14-12(3)4-5-21(18,19)7-12/h8H,4-7H2,1-3H3,(H2,13,14,16,17)/t12-/m1/s1. The first-order valence-electron chi connectivity index (χ1n) is 6.79. The Morgan fingerprint density at radius 2 is 2.14 bits per heavy atom. The van der Waals surface area contributed by atoms with Gasteiger partial charge in [-0.3, -0.25) is 5.32 Å². The summed E-state index contributed by atoms with van der Waals surface area (Å²) in [6.07, 6.45) is 1.24. The van der Waals surface area contributed by atoms with Crippen molar-refractivity contribution in [3.63, 3.8) is 0 Å². The molecule has 2 rings (SSSR count). The fourth-order valence-electron chi connectivity index (χ4n) is 2.25. The maximum absolute atomic E-state index is 11.9. The number of urea groups is 1. The van der Waals surface area contributed by atoms with Gasteiger partial charge in [0.2, 0.25) is 5.13 Å². The van der Waals surface area contributed by atoms with Crippen molar-refractivity contribution in [2.45, 2.75) is 39.2 Å². The number of anilines is 1. The summed E-state index contributed by atoms with van der Waals surface area (Å²) in [4.78, 5) is 11.9. The molecule has 0 bridgehead atoms. The normalized spacial score (nSPS) is 24.2. The first-order chi connectivity index (χ1) is 9.67. The Morgan fingerprint density at radius 1 is 1.43 bits per heavy atom. The van der Waals surface area contributed by atoms with Crippen LogP contribution < -0.4 is 10.6 Å². The first kappa shape index (κ1) is 16.2. The van der Waals surface area contributed by atoms with E-state index in [9.17, 15) is 13.2 Å². The van der Waals surface area contributed by atoms with E-state index in [1.807, 2.05) is 0 Å². The third kappa shape index (κ3) is 4.63. The number of rotatable bonds is 4. The minimum absolute atomic E-state index is 0.0257. The minimum atomic E-state index is -3.05. The van der Waals surface area contributed by atoms with Gasteiger partial charge in [-0.2, -0.15) is 0 Å². The van der Waals surface area contributed by atoms with E-state index in [0.717, 1.165) is 11.4 Å². The summed E-state index contributed by atoms with van der Waals surface area (Å²) >= 11 is 1.33. The second kappa shape index (κ2) is 5.88. The van der Waals surface area contributed by atoms with E-state index in [1.54, 1.807) is 6.92 Å².